The molecule has 0 unspecified atom stereocenters. The molecule has 10 heteroatoms. The van der Waals surface area contributed by atoms with Crippen molar-refractivity contribution >= 4 is 40.0 Å². The van der Waals surface area contributed by atoms with Crippen molar-refractivity contribution in [3.8, 4) is 22.6 Å². The lowest BCUT2D eigenvalue weighted by Gasteiger charge is -2.11. The van der Waals surface area contributed by atoms with Crippen LogP contribution in [-0.2, 0) is 9.53 Å². The molecule has 0 saturated carbocycles. The van der Waals surface area contributed by atoms with Gasteiger partial charge < -0.3 is 19.5 Å². The van der Waals surface area contributed by atoms with Crippen molar-refractivity contribution in [1.29, 1.82) is 0 Å². The van der Waals surface area contributed by atoms with Gasteiger partial charge in [0.1, 0.15) is 10.6 Å². The van der Waals surface area contributed by atoms with E-state index in [0.717, 1.165) is 36.2 Å². The fourth-order valence-electron chi connectivity index (χ4n) is 3.80. The summed E-state index contributed by atoms with van der Waals surface area (Å²) in [5.74, 6) is 0.122. The van der Waals surface area contributed by atoms with Crippen LogP contribution in [0.1, 0.15) is 55.5 Å². The Kier molecular flexibility index (Phi) is 11.1. The number of non-ortho nitro benzene ring substituents is 1. The second kappa shape index (κ2) is 14.7. The van der Waals surface area contributed by atoms with Crippen molar-refractivity contribution in [2.45, 2.75) is 39.5 Å². The minimum absolute atomic E-state index is 0.106. The van der Waals surface area contributed by atoms with Gasteiger partial charge in [-0.3, -0.25) is 14.9 Å². The maximum atomic E-state index is 12.8. The summed E-state index contributed by atoms with van der Waals surface area (Å²) in [6.07, 6.45) is 7.40. The number of amides is 1. The third-order valence-electron chi connectivity index (χ3n) is 5.75. The van der Waals surface area contributed by atoms with E-state index >= 15 is 0 Å². The van der Waals surface area contributed by atoms with Crippen LogP contribution in [0.25, 0.3) is 17.2 Å². The van der Waals surface area contributed by atoms with Crippen LogP contribution < -0.4 is 14.8 Å². The number of methoxy groups -OCH3 is 1. The Morgan fingerprint density at radius 1 is 1.08 bits per heavy atom. The fraction of sp³-hybridized carbons (Fsp3) is 0.310. The molecule has 1 N–H and O–H groups in total. The SMILES string of the molecule is CCCCCCOc1ccc(/C=C/C(=O)Nc2scc(-c3cccc([N+](=O)[O-])c3)c2C(=O)OCC)cc1OC. The molecule has 1 aromatic heterocycles. The largest absolute Gasteiger partial charge is 0.493 e. The first-order valence-electron chi connectivity index (χ1n) is 12.7. The Balaban J connectivity index is 1.76. The van der Waals surface area contributed by atoms with E-state index in [4.69, 9.17) is 14.2 Å². The Morgan fingerprint density at radius 2 is 1.90 bits per heavy atom. The standard InChI is InChI=1S/C29H32N2O7S/c1-4-6-7-8-16-38-24-14-12-20(17-25(24)36-3)13-15-26(32)30-28-27(29(33)37-5-2)23(19-39-28)21-10-9-11-22(18-21)31(34)35/h9-15,17-19H,4-8,16H2,1-3H3,(H,30,32)/b15-13+. The average Bonchev–Trinajstić information content (AvgIpc) is 3.35. The number of esters is 1. The predicted octanol–water partition coefficient (Wildman–Crippen LogP) is 7.12. The van der Waals surface area contributed by atoms with E-state index in [1.54, 1.807) is 43.7 Å². The summed E-state index contributed by atoms with van der Waals surface area (Å²) in [6.45, 7) is 4.58. The summed E-state index contributed by atoms with van der Waals surface area (Å²) in [6, 6.07) is 11.4. The van der Waals surface area contributed by atoms with Crippen molar-refractivity contribution in [3.05, 3.63) is 75.2 Å². The number of benzene rings is 2. The molecule has 1 amide bonds. The van der Waals surface area contributed by atoms with Crippen molar-refractivity contribution in [1.82, 2.24) is 0 Å². The van der Waals surface area contributed by atoms with E-state index in [1.807, 2.05) is 6.07 Å². The molecule has 0 atom stereocenters. The Bertz CT molecular complexity index is 1330. The smallest absolute Gasteiger partial charge is 0.341 e. The number of nitro benzene ring substituents is 1. The first kappa shape index (κ1) is 29.4. The van der Waals surface area contributed by atoms with Crippen LogP contribution in [0.2, 0.25) is 0 Å². The highest BCUT2D eigenvalue weighted by Gasteiger charge is 2.23. The highest BCUT2D eigenvalue weighted by Crippen LogP contribution is 2.37. The molecule has 3 rings (SSSR count). The Hall–Kier alpha value is -4.18. The number of hydrogen-bond acceptors (Lipinski definition) is 8. The van der Waals surface area contributed by atoms with Crippen molar-refractivity contribution in [2.75, 3.05) is 25.6 Å². The van der Waals surface area contributed by atoms with Crippen LogP contribution in [0.3, 0.4) is 0 Å². The summed E-state index contributed by atoms with van der Waals surface area (Å²) < 4.78 is 16.5. The maximum absolute atomic E-state index is 12.8. The number of ether oxygens (including phenoxy) is 3. The number of anilines is 1. The molecule has 2 aromatic carbocycles. The van der Waals surface area contributed by atoms with E-state index in [1.165, 1.54) is 30.7 Å². The number of rotatable bonds is 14. The zero-order chi connectivity index (χ0) is 28.2. The number of nitrogens with zero attached hydrogens (tertiary/aromatic N) is 1. The second-order valence-electron chi connectivity index (χ2n) is 8.52. The molecule has 206 valence electrons. The minimum atomic E-state index is -0.630. The van der Waals surface area contributed by atoms with Crippen molar-refractivity contribution in [3.63, 3.8) is 0 Å². The molecule has 0 aliphatic rings. The first-order chi connectivity index (χ1) is 18.9. The second-order valence-corrected chi connectivity index (χ2v) is 9.40. The quantitative estimate of drug-likeness (QED) is 0.0744. The Labute approximate surface area is 231 Å². The molecular weight excluding hydrogens is 520 g/mol. The van der Waals surface area contributed by atoms with Crippen LogP contribution in [0.5, 0.6) is 11.5 Å². The summed E-state index contributed by atoms with van der Waals surface area (Å²) >= 11 is 1.14. The number of carbonyl (C=O) groups is 2. The van der Waals surface area contributed by atoms with Crippen LogP contribution in [0.15, 0.2) is 53.9 Å². The lowest BCUT2D eigenvalue weighted by Crippen LogP contribution is -2.12. The van der Waals surface area contributed by atoms with Gasteiger partial charge in [-0.15, -0.1) is 11.3 Å². The first-order valence-corrected chi connectivity index (χ1v) is 13.6. The molecule has 0 aliphatic carbocycles. The number of carbonyl (C=O) groups excluding carboxylic acids is 2. The number of nitrogens with one attached hydrogen (secondary N) is 1. The normalized spacial score (nSPS) is 10.8. The van der Waals surface area contributed by atoms with Gasteiger partial charge >= 0.3 is 5.97 Å². The van der Waals surface area contributed by atoms with Gasteiger partial charge in [-0.25, -0.2) is 4.79 Å². The molecule has 0 radical (unpaired) electrons. The number of unbranched alkanes of at least 4 members (excludes halogenated alkanes) is 3. The molecule has 0 bridgehead atoms. The van der Waals surface area contributed by atoms with Crippen LogP contribution in [0.4, 0.5) is 10.7 Å². The lowest BCUT2D eigenvalue weighted by molar-refractivity contribution is -0.384. The van der Waals surface area contributed by atoms with Gasteiger partial charge in [-0.05, 0) is 42.7 Å². The minimum Gasteiger partial charge on any atom is -0.493 e. The van der Waals surface area contributed by atoms with E-state index in [9.17, 15) is 19.7 Å². The number of hydrogen-bond donors (Lipinski definition) is 1. The van der Waals surface area contributed by atoms with Gasteiger partial charge in [0.15, 0.2) is 11.5 Å². The molecule has 0 spiro atoms. The highest BCUT2D eigenvalue weighted by atomic mass is 32.1. The summed E-state index contributed by atoms with van der Waals surface area (Å²) in [5, 5.41) is 15.9. The third kappa shape index (κ3) is 8.15. The van der Waals surface area contributed by atoms with Gasteiger partial charge in [0, 0.05) is 29.2 Å². The predicted molar refractivity (Wildman–Crippen MR) is 153 cm³/mol. The van der Waals surface area contributed by atoms with E-state index in [0.29, 0.717) is 29.2 Å². The lowest BCUT2D eigenvalue weighted by atomic mass is 10.0. The van der Waals surface area contributed by atoms with Crippen LogP contribution in [0, 0.1) is 10.1 Å². The van der Waals surface area contributed by atoms with E-state index in [-0.39, 0.29) is 22.9 Å². The molecule has 0 saturated heterocycles. The zero-order valence-electron chi connectivity index (χ0n) is 22.2. The van der Waals surface area contributed by atoms with Gasteiger partial charge in [-0.1, -0.05) is 44.4 Å². The number of nitro groups is 1. The van der Waals surface area contributed by atoms with Crippen molar-refractivity contribution in [2.24, 2.45) is 0 Å². The van der Waals surface area contributed by atoms with Crippen molar-refractivity contribution < 1.29 is 28.7 Å². The topological polar surface area (TPSA) is 117 Å². The summed E-state index contributed by atoms with van der Waals surface area (Å²) in [5.41, 5.74) is 1.68. The monoisotopic (exact) mass is 552 g/mol. The average molecular weight is 553 g/mol. The summed E-state index contributed by atoms with van der Waals surface area (Å²) in [4.78, 5) is 36.3. The van der Waals surface area contributed by atoms with Gasteiger partial charge in [0.2, 0.25) is 5.91 Å². The van der Waals surface area contributed by atoms with Crippen LogP contribution in [-0.4, -0.2) is 37.1 Å². The molecular formula is C29H32N2O7S. The molecule has 0 fully saturated rings. The Morgan fingerprint density at radius 3 is 2.62 bits per heavy atom. The van der Waals surface area contributed by atoms with E-state index < -0.39 is 16.8 Å². The fourth-order valence-corrected chi connectivity index (χ4v) is 4.76. The highest BCUT2D eigenvalue weighted by molar-refractivity contribution is 7.15. The summed E-state index contributed by atoms with van der Waals surface area (Å²) in [7, 11) is 1.56. The number of thiophene rings is 1. The molecule has 39 heavy (non-hydrogen) atoms. The molecule has 0 aliphatic heterocycles. The molecule has 9 nitrogen and oxygen atoms in total. The molecule has 1 heterocycles. The maximum Gasteiger partial charge on any atom is 0.341 e. The third-order valence-corrected chi connectivity index (χ3v) is 6.64. The van der Waals surface area contributed by atoms with Gasteiger partial charge in [0.25, 0.3) is 5.69 Å². The van der Waals surface area contributed by atoms with Gasteiger partial charge in [0.05, 0.1) is 25.2 Å². The van der Waals surface area contributed by atoms with Gasteiger partial charge in [-0.2, -0.15) is 0 Å². The van der Waals surface area contributed by atoms with Crippen LogP contribution >= 0.6 is 11.3 Å². The zero-order valence-corrected chi connectivity index (χ0v) is 23.0. The molecule has 3 aromatic rings. The van der Waals surface area contributed by atoms with E-state index in [2.05, 4.69) is 12.2 Å².